The second kappa shape index (κ2) is 6.65. The van der Waals surface area contributed by atoms with Gasteiger partial charge in [0, 0.05) is 12.3 Å². The first kappa shape index (κ1) is 18.0. The molecule has 0 atom stereocenters. The third kappa shape index (κ3) is 4.59. The Kier molecular flexibility index (Phi) is 4.99. The fraction of sp³-hybridized carbons (Fsp3) is 0.214. The van der Waals surface area contributed by atoms with E-state index in [9.17, 15) is 26.4 Å². The lowest BCUT2D eigenvalue weighted by atomic mass is 10.3. The summed E-state index contributed by atoms with van der Waals surface area (Å²) in [5.74, 6) is 0.294. The molecule has 10 heteroatoms. The number of pyridine rings is 1. The maximum Gasteiger partial charge on any atom is 0.417 e. The summed E-state index contributed by atoms with van der Waals surface area (Å²) < 4.78 is 66.2. The van der Waals surface area contributed by atoms with Crippen LogP contribution in [0.5, 0.6) is 5.75 Å². The number of ether oxygens (including phenoxy) is 1. The van der Waals surface area contributed by atoms with E-state index in [0.717, 1.165) is 16.8 Å². The average Bonchev–Trinajstić information content (AvgIpc) is 2.47. The lowest BCUT2D eigenvalue weighted by Crippen LogP contribution is -2.24. The van der Waals surface area contributed by atoms with Gasteiger partial charge in [-0.05, 0) is 30.3 Å². The molecule has 1 heterocycles. The Morgan fingerprint density at radius 2 is 1.71 bits per heavy atom. The quantitative estimate of drug-likeness (QED) is 0.874. The van der Waals surface area contributed by atoms with Gasteiger partial charge in [-0.15, -0.1) is 0 Å². The van der Waals surface area contributed by atoms with Gasteiger partial charge in [0.25, 0.3) is 5.56 Å². The number of halogens is 3. The molecule has 0 aliphatic rings. The molecule has 2 aromatic rings. The third-order valence-corrected chi connectivity index (χ3v) is 3.99. The van der Waals surface area contributed by atoms with Crippen molar-refractivity contribution in [1.29, 1.82) is 0 Å². The second-order valence-electron chi connectivity index (χ2n) is 4.81. The van der Waals surface area contributed by atoms with E-state index >= 15 is 0 Å². The maximum atomic E-state index is 12.6. The van der Waals surface area contributed by atoms with E-state index in [1.807, 2.05) is 0 Å². The van der Waals surface area contributed by atoms with Crippen LogP contribution < -0.4 is 15.4 Å². The normalized spacial score (nSPS) is 12.2. The summed E-state index contributed by atoms with van der Waals surface area (Å²) in [4.78, 5) is 11.5. The van der Waals surface area contributed by atoms with Gasteiger partial charge in [-0.1, -0.05) is 0 Å². The first-order chi connectivity index (χ1) is 11.1. The van der Waals surface area contributed by atoms with Crippen LogP contribution in [-0.4, -0.2) is 19.6 Å². The molecule has 0 fully saturated rings. The molecule has 0 saturated heterocycles. The summed E-state index contributed by atoms with van der Waals surface area (Å²) in [5, 5.41) is 4.95. The highest BCUT2D eigenvalue weighted by Gasteiger charge is 2.30. The zero-order valence-electron chi connectivity index (χ0n) is 12.2. The van der Waals surface area contributed by atoms with E-state index in [0.29, 0.717) is 11.8 Å². The number of benzene rings is 1. The first-order valence-electron chi connectivity index (χ1n) is 6.61. The van der Waals surface area contributed by atoms with E-state index < -0.39 is 27.3 Å². The predicted octanol–water partition coefficient (Wildman–Crippen LogP) is 1.59. The summed E-state index contributed by atoms with van der Waals surface area (Å²) in [7, 11) is -3.81. The molecule has 2 rings (SSSR count). The van der Waals surface area contributed by atoms with Crippen LogP contribution in [0.4, 0.5) is 13.2 Å². The summed E-state index contributed by atoms with van der Waals surface area (Å²) in [6.45, 7) is -0.171. The van der Waals surface area contributed by atoms with Crippen LogP contribution in [0.15, 0.2) is 52.3 Å². The standard InChI is InChI=1S/C14H13F3N2O4S/c15-14(16,17)10-1-6-13(20)19(9-10)7-8-23-11-2-4-12(5-3-11)24(18,21)22/h1-6,9H,7-8H2,(H2,18,21,22). The molecule has 24 heavy (non-hydrogen) atoms. The van der Waals surface area contributed by atoms with Gasteiger partial charge in [-0.2, -0.15) is 13.2 Å². The fourth-order valence-electron chi connectivity index (χ4n) is 1.86. The molecule has 0 spiro atoms. The molecule has 0 saturated carbocycles. The molecular weight excluding hydrogens is 349 g/mol. The van der Waals surface area contributed by atoms with Gasteiger partial charge in [0.15, 0.2) is 0 Å². The van der Waals surface area contributed by atoms with Crippen LogP contribution in [0.1, 0.15) is 5.56 Å². The number of hydrogen-bond acceptors (Lipinski definition) is 4. The van der Waals surface area contributed by atoms with Gasteiger partial charge < -0.3 is 9.30 Å². The highest BCUT2D eigenvalue weighted by molar-refractivity contribution is 7.89. The van der Waals surface area contributed by atoms with Crippen LogP contribution in [0.25, 0.3) is 0 Å². The Hall–Kier alpha value is -2.33. The van der Waals surface area contributed by atoms with Gasteiger partial charge in [0.05, 0.1) is 17.0 Å². The fourth-order valence-corrected chi connectivity index (χ4v) is 2.38. The van der Waals surface area contributed by atoms with Gasteiger partial charge >= 0.3 is 6.18 Å². The van der Waals surface area contributed by atoms with Crippen LogP contribution in [0.2, 0.25) is 0 Å². The maximum absolute atomic E-state index is 12.6. The molecule has 0 radical (unpaired) electrons. The molecule has 0 amide bonds. The van der Waals surface area contributed by atoms with Crippen molar-refractivity contribution in [3.05, 3.63) is 58.5 Å². The highest BCUT2D eigenvalue weighted by atomic mass is 32.2. The first-order valence-corrected chi connectivity index (χ1v) is 8.15. The predicted molar refractivity (Wildman–Crippen MR) is 79.0 cm³/mol. The lowest BCUT2D eigenvalue weighted by molar-refractivity contribution is -0.138. The lowest BCUT2D eigenvalue weighted by Gasteiger charge is -2.11. The zero-order valence-corrected chi connectivity index (χ0v) is 13.0. The number of sulfonamides is 1. The number of aromatic nitrogens is 1. The van der Waals surface area contributed by atoms with Gasteiger partial charge in [0.2, 0.25) is 10.0 Å². The van der Waals surface area contributed by atoms with E-state index in [1.54, 1.807) is 0 Å². The van der Waals surface area contributed by atoms with Crippen molar-refractivity contribution in [3.8, 4) is 5.75 Å². The number of rotatable bonds is 5. The van der Waals surface area contributed by atoms with Crippen LogP contribution >= 0.6 is 0 Å². The molecule has 0 bridgehead atoms. The van der Waals surface area contributed by atoms with Crippen molar-refractivity contribution in [2.24, 2.45) is 5.14 Å². The zero-order chi connectivity index (χ0) is 18.0. The van der Waals surface area contributed by atoms with Gasteiger partial charge in [0.1, 0.15) is 12.4 Å². The van der Waals surface area contributed by atoms with Crippen molar-refractivity contribution in [2.45, 2.75) is 17.6 Å². The van der Waals surface area contributed by atoms with Crippen LogP contribution in [0, 0.1) is 0 Å². The molecular formula is C14H13F3N2O4S. The summed E-state index contributed by atoms with van der Waals surface area (Å²) in [6.07, 6.45) is -3.82. The Labute approximate surface area is 135 Å². The van der Waals surface area contributed by atoms with Crippen molar-refractivity contribution < 1.29 is 26.3 Å². The SMILES string of the molecule is NS(=O)(=O)c1ccc(OCCn2cc(C(F)(F)F)ccc2=O)cc1. The average molecular weight is 362 g/mol. The van der Waals surface area contributed by atoms with Gasteiger partial charge in [-0.3, -0.25) is 4.79 Å². The van der Waals surface area contributed by atoms with Crippen molar-refractivity contribution in [2.75, 3.05) is 6.61 Å². The van der Waals surface area contributed by atoms with E-state index in [1.165, 1.54) is 24.3 Å². The molecule has 0 aliphatic heterocycles. The molecule has 130 valence electrons. The molecule has 1 aromatic carbocycles. The van der Waals surface area contributed by atoms with Crippen molar-refractivity contribution in [1.82, 2.24) is 4.57 Å². The number of alkyl halides is 3. The monoisotopic (exact) mass is 362 g/mol. The minimum Gasteiger partial charge on any atom is -0.492 e. The number of hydrogen-bond donors (Lipinski definition) is 1. The molecule has 0 aliphatic carbocycles. The Balaban J connectivity index is 2.03. The highest BCUT2D eigenvalue weighted by Crippen LogP contribution is 2.28. The topological polar surface area (TPSA) is 91.4 Å². The summed E-state index contributed by atoms with van der Waals surface area (Å²) in [6, 6.07) is 6.74. The minimum atomic E-state index is -4.54. The molecule has 2 N–H and O–H groups in total. The second-order valence-corrected chi connectivity index (χ2v) is 6.37. The third-order valence-electron chi connectivity index (χ3n) is 3.06. The number of primary sulfonamides is 1. The summed E-state index contributed by atoms with van der Waals surface area (Å²) in [5.41, 5.74) is -1.52. The largest absolute Gasteiger partial charge is 0.492 e. The van der Waals surface area contributed by atoms with E-state index in [2.05, 4.69) is 0 Å². The Morgan fingerprint density at radius 3 is 2.25 bits per heavy atom. The van der Waals surface area contributed by atoms with Crippen molar-refractivity contribution in [3.63, 3.8) is 0 Å². The molecule has 0 unspecified atom stereocenters. The number of nitrogens with zero attached hydrogens (tertiary/aromatic N) is 1. The summed E-state index contributed by atoms with van der Waals surface area (Å²) >= 11 is 0. The van der Waals surface area contributed by atoms with Crippen molar-refractivity contribution >= 4 is 10.0 Å². The Morgan fingerprint density at radius 1 is 1.08 bits per heavy atom. The van der Waals surface area contributed by atoms with E-state index in [-0.39, 0.29) is 18.0 Å². The minimum absolute atomic E-state index is 0.0735. The van der Waals surface area contributed by atoms with E-state index in [4.69, 9.17) is 9.88 Å². The molecule has 1 aromatic heterocycles. The van der Waals surface area contributed by atoms with Crippen LogP contribution in [0.3, 0.4) is 0 Å². The molecule has 6 nitrogen and oxygen atoms in total. The Bertz CT molecular complexity index is 874. The van der Waals surface area contributed by atoms with Gasteiger partial charge in [-0.25, -0.2) is 13.6 Å². The van der Waals surface area contributed by atoms with Crippen LogP contribution in [-0.2, 0) is 22.7 Å². The number of nitrogens with two attached hydrogens (primary N) is 1. The smallest absolute Gasteiger partial charge is 0.417 e.